The van der Waals surface area contributed by atoms with Crippen LogP contribution in [-0.4, -0.2) is 36.1 Å². The van der Waals surface area contributed by atoms with Gasteiger partial charge in [0.2, 0.25) is 0 Å². The zero-order chi connectivity index (χ0) is 15.5. The van der Waals surface area contributed by atoms with E-state index in [1.165, 1.54) is 0 Å². The first kappa shape index (κ1) is 15.3. The van der Waals surface area contributed by atoms with Gasteiger partial charge < -0.3 is 14.6 Å². The standard InChI is InChI=1S/C17H21FO4/c18-11(10-21-12-4-2-1-3-5-12)6-7-13-14-8-17(20)22-16(14)9-15(13)19/h1-5,11,13-16,19H,6-10H2/t11-,13-,14-,15-,16+/m1/s1. The molecule has 1 aromatic rings. The molecule has 1 heterocycles. The molecule has 1 saturated carbocycles. The van der Waals surface area contributed by atoms with E-state index in [1.54, 1.807) is 12.1 Å². The fourth-order valence-electron chi connectivity index (χ4n) is 3.54. The van der Waals surface area contributed by atoms with Crippen molar-refractivity contribution in [1.82, 2.24) is 0 Å². The van der Waals surface area contributed by atoms with E-state index >= 15 is 0 Å². The largest absolute Gasteiger partial charge is 0.491 e. The average Bonchev–Trinajstić information content (AvgIpc) is 2.99. The molecular formula is C17H21FO4. The molecule has 0 aromatic heterocycles. The highest BCUT2D eigenvalue weighted by Crippen LogP contribution is 2.43. The van der Waals surface area contributed by atoms with E-state index in [4.69, 9.17) is 9.47 Å². The first-order valence-corrected chi connectivity index (χ1v) is 7.83. The second-order valence-electron chi connectivity index (χ2n) is 6.16. The van der Waals surface area contributed by atoms with Gasteiger partial charge in [0, 0.05) is 12.3 Å². The molecule has 0 amide bonds. The normalized spacial score (nSPS) is 31.6. The van der Waals surface area contributed by atoms with Crippen LogP contribution in [0.3, 0.4) is 0 Å². The lowest BCUT2D eigenvalue weighted by molar-refractivity contribution is -0.141. The van der Waals surface area contributed by atoms with Gasteiger partial charge in [0.1, 0.15) is 24.6 Å². The Bertz CT molecular complexity index is 507. The third-order valence-corrected chi connectivity index (χ3v) is 4.67. The van der Waals surface area contributed by atoms with Crippen molar-refractivity contribution in [1.29, 1.82) is 0 Å². The molecule has 0 radical (unpaired) electrons. The molecule has 2 aliphatic rings. The van der Waals surface area contributed by atoms with Gasteiger partial charge in [-0.2, -0.15) is 0 Å². The Morgan fingerprint density at radius 3 is 2.91 bits per heavy atom. The summed E-state index contributed by atoms with van der Waals surface area (Å²) in [6, 6.07) is 9.14. The number of fused-ring (bicyclic) bond motifs is 1. The van der Waals surface area contributed by atoms with Crippen LogP contribution in [-0.2, 0) is 9.53 Å². The van der Waals surface area contributed by atoms with Gasteiger partial charge in [-0.1, -0.05) is 18.2 Å². The maximum Gasteiger partial charge on any atom is 0.306 e. The van der Waals surface area contributed by atoms with Crippen LogP contribution in [0.25, 0.3) is 0 Å². The number of hydrogen-bond acceptors (Lipinski definition) is 4. The second-order valence-corrected chi connectivity index (χ2v) is 6.16. The van der Waals surface area contributed by atoms with Crippen LogP contribution in [0.1, 0.15) is 25.7 Å². The molecule has 4 nitrogen and oxygen atoms in total. The minimum absolute atomic E-state index is 0.0103. The number of aliphatic hydroxyl groups excluding tert-OH is 1. The van der Waals surface area contributed by atoms with E-state index in [0.717, 1.165) is 0 Å². The number of rotatable bonds is 6. The monoisotopic (exact) mass is 308 g/mol. The minimum Gasteiger partial charge on any atom is -0.491 e. The summed E-state index contributed by atoms with van der Waals surface area (Å²) >= 11 is 0. The van der Waals surface area contributed by atoms with Gasteiger partial charge >= 0.3 is 5.97 Å². The van der Waals surface area contributed by atoms with Gasteiger partial charge in [0.25, 0.3) is 0 Å². The predicted molar refractivity (Wildman–Crippen MR) is 78.2 cm³/mol. The van der Waals surface area contributed by atoms with Crippen molar-refractivity contribution in [3.8, 4) is 5.75 Å². The smallest absolute Gasteiger partial charge is 0.306 e. The molecule has 5 heteroatoms. The summed E-state index contributed by atoms with van der Waals surface area (Å²) in [7, 11) is 0. The van der Waals surface area contributed by atoms with Crippen molar-refractivity contribution in [3.05, 3.63) is 30.3 Å². The number of carbonyl (C=O) groups excluding carboxylic acids is 1. The molecular weight excluding hydrogens is 287 g/mol. The SMILES string of the molecule is O=C1C[C@@H]2[C@@H](CC[C@@H](F)COc3ccccc3)[C@H](O)C[C@@H]2O1. The number of alkyl halides is 1. The van der Waals surface area contributed by atoms with Crippen LogP contribution in [0.15, 0.2) is 30.3 Å². The van der Waals surface area contributed by atoms with Crippen LogP contribution in [0, 0.1) is 11.8 Å². The van der Waals surface area contributed by atoms with E-state index in [1.807, 2.05) is 18.2 Å². The highest BCUT2D eigenvalue weighted by atomic mass is 19.1. The third kappa shape index (κ3) is 3.40. The molecule has 1 saturated heterocycles. The Hall–Kier alpha value is -1.62. The van der Waals surface area contributed by atoms with E-state index in [2.05, 4.69) is 0 Å². The van der Waals surface area contributed by atoms with Crippen LogP contribution in [0.5, 0.6) is 5.75 Å². The number of ether oxygens (including phenoxy) is 2. The number of aliphatic hydroxyl groups is 1. The lowest BCUT2D eigenvalue weighted by Crippen LogP contribution is -2.23. The zero-order valence-electron chi connectivity index (χ0n) is 12.4. The van der Waals surface area contributed by atoms with Gasteiger partial charge in [0.15, 0.2) is 0 Å². The van der Waals surface area contributed by atoms with Gasteiger partial charge in [-0.3, -0.25) is 4.79 Å². The zero-order valence-corrected chi connectivity index (χ0v) is 12.4. The molecule has 22 heavy (non-hydrogen) atoms. The molecule has 5 atom stereocenters. The Morgan fingerprint density at radius 2 is 2.14 bits per heavy atom. The first-order valence-electron chi connectivity index (χ1n) is 7.83. The van der Waals surface area contributed by atoms with Gasteiger partial charge in [-0.15, -0.1) is 0 Å². The van der Waals surface area contributed by atoms with Crippen LogP contribution >= 0.6 is 0 Å². The number of benzene rings is 1. The Kier molecular flexibility index (Phi) is 4.62. The molecule has 1 aliphatic carbocycles. The summed E-state index contributed by atoms with van der Waals surface area (Å²) in [4.78, 5) is 11.3. The predicted octanol–water partition coefficient (Wildman–Crippen LogP) is 2.50. The first-order chi connectivity index (χ1) is 10.6. The lowest BCUT2D eigenvalue weighted by atomic mass is 9.87. The van der Waals surface area contributed by atoms with E-state index < -0.39 is 12.3 Å². The molecule has 1 N–H and O–H groups in total. The molecule has 2 fully saturated rings. The fraction of sp³-hybridized carbons (Fsp3) is 0.588. The number of esters is 1. The van der Waals surface area contributed by atoms with Crippen molar-refractivity contribution in [2.24, 2.45) is 11.8 Å². The molecule has 1 aliphatic heterocycles. The number of halogens is 1. The molecule has 120 valence electrons. The van der Waals surface area contributed by atoms with Crippen molar-refractivity contribution < 1.29 is 23.8 Å². The highest BCUT2D eigenvalue weighted by Gasteiger charge is 2.49. The highest BCUT2D eigenvalue weighted by molar-refractivity contribution is 5.72. The van der Waals surface area contributed by atoms with Crippen molar-refractivity contribution in [2.45, 2.75) is 44.1 Å². The summed E-state index contributed by atoms with van der Waals surface area (Å²) < 4.78 is 24.6. The summed E-state index contributed by atoms with van der Waals surface area (Å²) in [5.74, 6) is 0.452. The third-order valence-electron chi connectivity index (χ3n) is 4.67. The summed E-state index contributed by atoms with van der Waals surface area (Å²) in [5.41, 5.74) is 0. The molecule has 0 spiro atoms. The van der Waals surface area contributed by atoms with E-state index in [0.29, 0.717) is 31.4 Å². The van der Waals surface area contributed by atoms with Crippen LogP contribution in [0.4, 0.5) is 4.39 Å². The molecule has 0 bridgehead atoms. The maximum absolute atomic E-state index is 14.0. The lowest BCUT2D eigenvalue weighted by Gasteiger charge is -2.20. The average molecular weight is 308 g/mol. The fourth-order valence-corrected chi connectivity index (χ4v) is 3.54. The molecule has 1 aromatic carbocycles. The Labute approximate surface area is 129 Å². The molecule has 0 unspecified atom stereocenters. The maximum atomic E-state index is 14.0. The number of para-hydroxylation sites is 1. The molecule has 3 rings (SSSR count). The van der Waals surface area contributed by atoms with E-state index in [9.17, 15) is 14.3 Å². The summed E-state index contributed by atoms with van der Waals surface area (Å²) in [6.45, 7) is 0.0103. The summed E-state index contributed by atoms with van der Waals surface area (Å²) in [6.07, 6.45) is -0.0342. The second kappa shape index (κ2) is 6.65. The van der Waals surface area contributed by atoms with E-state index in [-0.39, 0.29) is 30.5 Å². The van der Waals surface area contributed by atoms with Gasteiger partial charge in [0.05, 0.1) is 12.5 Å². The number of carbonyl (C=O) groups is 1. The topological polar surface area (TPSA) is 55.8 Å². The Morgan fingerprint density at radius 1 is 1.36 bits per heavy atom. The van der Waals surface area contributed by atoms with Gasteiger partial charge in [-0.25, -0.2) is 4.39 Å². The van der Waals surface area contributed by atoms with Crippen LogP contribution in [0.2, 0.25) is 0 Å². The van der Waals surface area contributed by atoms with Crippen molar-refractivity contribution >= 4 is 5.97 Å². The quantitative estimate of drug-likeness (QED) is 0.820. The Balaban J connectivity index is 1.44. The van der Waals surface area contributed by atoms with Crippen LogP contribution < -0.4 is 4.74 Å². The minimum atomic E-state index is -1.08. The summed E-state index contributed by atoms with van der Waals surface area (Å²) in [5, 5.41) is 10.1. The van der Waals surface area contributed by atoms with Gasteiger partial charge in [-0.05, 0) is 30.9 Å². The van der Waals surface area contributed by atoms with Crippen molar-refractivity contribution in [3.63, 3.8) is 0 Å². The number of hydrogen-bond donors (Lipinski definition) is 1. The van der Waals surface area contributed by atoms with Crippen molar-refractivity contribution in [2.75, 3.05) is 6.61 Å².